The first-order valence-corrected chi connectivity index (χ1v) is 8.67. The Balaban J connectivity index is 1.79. The predicted octanol–water partition coefficient (Wildman–Crippen LogP) is 3.69. The minimum atomic E-state index is -0.174. The van der Waals surface area contributed by atoms with Crippen molar-refractivity contribution in [1.82, 2.24) is 5.32 Å². The minimum Gasteiger partial charge on any atom is -0.493 e. The highest BCUT2D eigenvalue weighted by Gasteiger charge is 2.04. The van der Waals surface area contributed by atoms with Gasteiger partial charge >= 0.3 is 0 Å². The van der Waals surface area contributed by atoms with Gasteiger partial charge in [-0.1, -0.05) is 31.2 Å². The molecule has 0 aliphatic heterocycles. The van der Waals surface area contributed by atoms with Crippen LogP contribution in [0.25, 0.3) is 6.08 Å². The fourth-order valence-electron chi connectivity index (χ4n) is 2.21. The second kappa shape index (κ2) is 10.8. The Morgan fingerprint density at radius 2 is 1.85 bits per heavy atom. The molecule has 138 valence electrons. The SMILES string of the molecule is CCCOc1ccc(/C=C/C(=O)NCCOc2ccccc2)cc1OC. The van der Waals surface area contributed by atoms with Crippen molar-refractivity contribution in [3.05, 3.63) is 60.2 Å². The summed E-state index contributed by atoms with van der Waals surface area (Å²) < 4.78 is 16.5. The van der Waals surface area contributed by atoms with Gasteiger partial charge in [0.15, 0.2) is 11.5 Å². The maximum atomic E-state index is 11.9. The summed E-state index contributed by atoms with van der Waals surface area (Å²) in [5, 5.41) is 2.78. The van der Waals surface area contributed by atoms with Gasteiger partial charge in [-0.2, -0.15) is 0 Å². The summed E-state index contributed by atoms with van der Waals surface area (Å²) in [5.74, 6) is 1.97. The average Bonchev–Trinajstić information content (AvgIpc) is 2.69. The van der Waals surface area contributed by atoms with Crippen LogP contribution in [-0.2, 0) is 4.79 Å². The van der Waals surface area contributed by atoms with Crippen molar-refractivity contribution >= 4 is 12.0 Å². The number of para-hydroxylation sites is 1. The lowest BCUT2D eigenvalue weighted by molar-refractivity contribution is -0.116. The third-order valence-electron chi connectivity index (χ3n) is 3.49. The van der Waals surface area contributed by atoms with Gasteiger partial charge in [-0.3, -0.25) is 4.79 Å². The second-order valence-corrected chi connectivity index (χ2v) is 5.54. The van der Waals surface area contributed by atoms with Crippen molar-refractivity contribution in [2.75, 3.05) is 26.9 Å². The standard InChI is InChI=1S/C21H25NO4/c1-3-14-26-19-11-9-17(16-20(19)24-2)10-12-21(23)22-13-15-25-18-7-5-4-6-8-18/h4-12,16H,3,13-15H2,1-2H3,(H,22,23)/b12-10+. The van der Waals surface area contributed by atoms with Crippen LogP contribution in [0.4, 0.5) is 0 Å². The van der Waals surface area contributed by atoms with E-state index in [1.54, 1.807) is 13.2 Å². The number of ether oxygens (including phenoxy) is 3. The van der Waals surface area contributed by atoms with E-state index in [0.29, 0.717) is 31.3 Å². The summed E-state index contributed by atoms with van der Waals surface area (Å²) in [5.41, 5.74) is 0.862. The van der Waals surface area contributed by atoms with Crippen LogP contribution in [0.15, 0.2) is 54.6 Å². The molecule has 0 bridgehead atoms. The van der Waals surface area contributed by atoms with E-state index in [0.717, 1.165) is 17.7 Å². The highest BCUT2D eigenvalue weighted by Crippen LogP contribution is 2.28. The van der Waals surface area contributed by atoms with E-state index in [2.05, 4.69) is 5.32 Å². The number of hydrogen-bond donors (Lipinski definition) is 1. The maximum Gasteiger partial charge on any atom is 0.244 e. The molecule has 0 aromatic heterocycles. The normalized spacial score (nSPS) is 10.5. The molecule has 1 N–H and O–H groups in total. The van der Waals surface area contributed by atoms with Crippen LogP contribution >= 0.6 is 0 Å². The molecule has 5 heteroatoms. The molecule has 2 rings (SSSR count). The van der Waals surface area contributed by atoms with Gasteiger partial charge in [-0.25, -0.2) is 0 Å². The van der Waals surface area contributed by atoms with Gasteiger partial charge in [0.1, 0.15) is 12.4 Å². The highest BCUT2D eigenvalue weighted by atomic mass is 16.5. The molecule has 0 radical (unpaired) electrons. The average molecular weight is 355 g/mol. The Kier molecular flexibility index (Phi) is 8.06. The van der Waals surface area contributed by atoms with E-state index in [9.17, 15) is 4.79 Å². The monoisotopic (exact) mass is 355 g/mol. The number of hydrogen-bond acceptors (Lipinski definition) is 4. The van der Waals surface area contributed by atoms with Crippen molar-refractivity contribution in [3.8, 4) is 17.2 Å². The Morgan fingerprint density at radius 1 is 1.04 bits per heavy atom. The summed E-state index contributed by atoms with van der Waals surface area (Å²) in [6, 6.07) is 15.1. The molecule has 0 atom stereocenters. The Bertz CT molecular complexity index is 713. The van der Waals surface area contributed by atoms with Crippen LogP contribution in [0.3, 0.4) is 0 Å². The van der Waals surface area contributed by atoms with Crippen molar-refractivity contribution in [3.63, 3.8) is 0 Å². The van der Waals surface area contributed by atoms with Crippen LogP contribution < -0.4 is 19.5 Å². The number of methoxy groups -OCH3 is 1. The number of amides is 1. The zero-order valence-corrected chi connectivity index (χ0v) is 15.2. The predicted molar refractivity (Wildman–Crippen MR) is 103 cm³/mol. The van der Waals surface area contributed by atoms with Gasteiger partial charge in [0.2, 0.25) is 5.91 Å². The number of carbonyl (C=O) groups excluding carboxylic acids is 1. The van der Waals surface area contributed by atoms with Crippen molar-refractivity contribution < 1.29 is 19.0 Å². The fraction of sp³-hybridized carbons (Fsp3) is 0.286. The maximum absolute atomic E-state index is 11.9. The van der Waals surface area contributed by atoms with E-state index in [4.69, 9.17) is 14.2 Å². The Hall–Kier alpha value is -2.95. The smallest absolute Gasteiger partial charge is 0.244 e. The number of rotatable bonds is 10. The van der Waals surface area contributed by atoms with Crippen LogP contribution in [0.5, 0.6) is 17.2 Å². The number of benzene rings is 2. The first kappa shape index (κ1) is 19.4. The van der Waals surface area contributed by atoms with Gasteiger partial charge in [0, 0.05) is 6.08 Å². The van der Waals surface area contributed by atoms with E-state index >= 15 is 0 Å². The van der Waals surface area contributed by atoms with E-state index < -0.39 is 0 Å². The third kappa shape index (κ3) is 6.51. The molecule has 1 amide bonds. The molecular formula is C21H25NO4. The largest absolute Gasteiger partial charge is 0.493 e. The summed E-state index contributed by atoms with van der Waals surface area (Å²) >= 11 is 0. The lowest BCUT2D eigenvalue weighted by Gasteiger charge is -2.10. The molecular weight excluding hydrogens is 330 g/mol. The Labute approximate surface area is 154 Å². The second-order valence-electron chi connectivity index (χ2n) is 5.54. The molecule has 0 unspecified atom stereocenters. The first-order valence-electron chi connectivity index (χ1n) is 8.67. The Morgan fingerprint density at radius 3 is 2.58 bits per heavy atom. The molecule has 0 aliphatic rings. The van der Waals surface area contributed by atoms with Crippen molar-refractivity contribution in [2.24, 2.45) is 0 Å². The molecule has 0 saturated carbocycles. The molecule has 0 aliphatic carbocycles. The third-order valence-corrected chi connectivity index (χ3v) is 3.49. The van der Waals surface area contributed by atoms with Gasteiger partial charge in [-0.05, 0) is 42.3 Å². The van der Waals surface area contributed by atoms with Crippen LogP contribution in [0.1, 0.15) is 18.9 Å². The molecule has 26 heavy (non-hydrogen) atoms. The van der Waals surface area contributed by atoms with Crippen LogP contribution in [-0.4, -0.2) is 32.8 Å². The summed E-state index contributed by atoms with van der Waals surface area (Å²) in [7, 11) is 1.60. The van der Waals surface area contributed by atoms with Crippen molar-refractivity contribution in [1.29, 1.82) is 0 Å². The molecule has 2 aromatic carbocycles. The lowest BCUT2D eigenvalue weighted by Crippen LogP contribution is -2.26. The van der Waals surface area contributed by atoms with Gasteiger partial charge < -0.3 is 19.5 Å². The molecule has 0 spiro atoms. The van der Waals surface area contributed by atoms with E-state index in [1.165, 1.54) is 6.08 Å². The highest BCUT2D eigenvalue weighted by molar-refractivity contribution is 5.91. The molecule has 0 heterocycles. The first-order chi connectivity index (χ1) is 12.7. The fourth-order valence-corrected chi connectivity index (χ4v) is 2.21. The summed E-state index contributed by atoms with van der Waals surface area (Å²) in [6.45, 7) is 3.54. The van der Waals surface area contributed by atoms with Gasteiger partial charge in [0.05, 0.1) is 20.3 Å². The minimum absolute atomic E-state index is 0.174. The van der Waals surface area contributed by atoms with Crippen LogP contribution in [0, 0.1) is 0 Å². The molecule has 0 fully saturated rings. The summed E-state index contributed by atoms with van der Waals surface area (Å²) in [4.78, 5) is 11.9. The number of carbonyl (C=O) groups is 1. The summed E-state index contributed by atoms with van der Waals surface area (Å²) in [6.07, 6.45) is 4.16. The molecule has 5 nitrogen and oxygen atoms in total. The molecule has 2 aromatic rings. The topological polar surface area (TPSA) is 56.8 Å². The zero-order chi connectivity index (χ0) is 18.6. The van der Waals surface area contributed by atoms with E-state index in [-0.39, 0.29) is 5.91 Å². The quantitative estimate of drug-likeness (QED) is 0.522. The zero-order valence-electron chi connectivity index (χ0n) is 15.2. The van der Waals surface area contributed by atoms with E-state index in [1.807, 2.05) is 55.5 Å². The van der Waals surface area contributed by atoms with Crippen molar-refractivity contribution in [2.45, 2.75) is 13.3 Å². The van der Waals surface area contributed by atoms with Gasteiger partial charge in [0.25, 0.3) is 0 Å². The number of nitrogens with one attached hydrogen (secondary N) is 1. The lowest BCUT2D eigenvalue weighted by atomic mass is 10.2. The van der Waals surface area contributed by atoms with Crippen LogP contribution in [0.2, 0.25) is 0 Å². The molecule has 0 saturated heterocycles. The van der Waals surface area contributed by atoms with Gasteiger partial charge in [-0.15, -0.1) is 0 Å².